The van der Waals surface area contributed by atoms with Crippen molar-refractivity contribution in [1.82, 2.24) is 0 Å². The van der Waals surface area contributed by atoms with Gasteiger partial charge in [-0.1, -0.05) is 11.6 Å². The summed E-state index contributed by atoms with van der Waals surface area (Å²) in [6, 6.07) is 3.12. The first-order valence-corrected chi connectivity index (χ1v) is 5.94. The van der Waals surface area contributed by atoms with E-state index < -0.39 is 12.1 Å². The van der Waals surface area contributed by atoms with Gasteiger partial charge in [0.25, 0.3) is 0 Å². The summed E-state index contributed by atoms with van der Waals surface area (Å²) in [4.78, 5) is 11.1. The number of hydrogen-bond donors (Lipinski definition) is 1. The Morgan fingerprint density at radius 2 is 2.22 bits per heavy atom. The van der Waals surface area contributed by atoms with Crippen LogP contribution in [0.4, 0.5) is 0 Å². The highest BCUT2D eigenvalue weighted by Gasteiger charge is 2.25. The molecule has 0 fully saturated rings. The maximum Gasteiger partial charge on any atom is 0.337 e. The summed E-state index contributed by atoms with van der Waals surface area (Å²) in [5.74, 6) is -0.161. The van der Waals surface area contributed by atoms with Crippen LogP contribution in [0.25, 0.3) is 0 Å². The Labute approximate surface area is 109 Å². The van der Waals surface area contributed by atoms with Crippen LogP contribution in [0.5, 0.6) is 11.5 Å². The molecule has 0 bridgehead atoms. The molecule has 1 aliphatic heterocycles. The number of fused-ring (bicyclic) bond motifs is 1. The van der Waals surface area contributed by atoms with Gasteiger partial charge in [-0.2, -0.15) is 0 Å². The molecule has 18 heavy (non-hydrogen) atoms. The molecule has 0 radical (unpaired) electrons. The first kappa shape index (κ1) is 13.0. The highest BCUT2D eigenvalue weighted by molar-refractivity contribution is 6.32. The van der Waals surface area contributed by atoms with Crippen molar-refractivity contribution in [3.05, 3.63) is 22.7 Å². The first-order chi connectivity index (χ1) is 8.63. The van der Waals surface area contributed by atoms with E-state index in [0.29, 0.717) is 41.9 Å². The van der Waals surface area contributed by atoms with Crippen molar-refractivity contribution in [2.45, 2.75) is 13.0 Å². The fraction of sp³-hybridized carbons (Fsp3) is 0.417. The Morgan fingerprint density at radius 3 is 2.89 bits per heavy atom. The van der Waals surface area contributed by atoms with Gasteiger partial charge >= 0.3 is 5.97 Å². The molecule has 0 spiro atoms. The third kappa shape index (κ3) is 2.52. The van der Waals surface area contributed by atoms with E-state index >= 15 is 0 Å². The molecule has 5 nitrogen and oxygen atoms in total. The average Bonchev–Trinajstić information content (AvgIpc) is 2.35. The summed E-state index contributed by atoms with van der Waals surface area (Å²) in [5, 5.41) is 9.44. The third-order valence-electron chi connectivity index (χ3n) is 2.48. The summed E-state index contributed by atoms with van der Waals surface area (Å²) >= 11 is 6.04. The van der Waals surface area contributed by atoms with Crippen molar-refractivity contribution in [3.8, 4) is 11.5 Å². The van der Waals surface area contributed by atoms with Crippen LogP contribution in [-0.4, -0.2) is 30.9 Å². The number of halogens is 1. The van der Waals surface area contributed by atoms with Crippen LogP contribution in [0.3, 0.4) is 0 Å². The molecule has 0 aromatic heterocycles. The summed E-state index contributed by atoms with van der Waals surface area (Å²) in [6.07, 6.45) is -1.05. The zero-order valence-electron chi connectivity index (χ0n) is 9.81. The van der Waals surface area contributed by atoms with Crippen LogP contribution in [0.15, 0.2) is 12.1 Å². The molecule has 1 heterocycles. The summed E-state index contributed by atoms with van der Waals surface area (Å²) in [5.41, 5.74) is 0.443. The van der Waals surface area contributed by atoms with Gasteiger partial charge in [0.1, 0.15) is 13.2 Å². The molecular weight excluding hydrogens is 260 g/mol. The molecule has 0 saturated heterocycles. The first-order valence-electron chi connectivity index (χ1n) is 5.57. The van der Waals surface area contributed by atoms with Gasteiger partial charge in [-0.25, -0.2) is 4.79 Å². The molecular formula is C12H13ClO5. The van der Waals surface area contributed by atoms with Crippen molar-refractivity contribution in [1.29, 1.82) is 0 Å². The van der Waals surface area contributed by atoms with Gasteiger partial charge in [0, 0.05) is 6.61 Å². The van der Waals surface area contributed by atoms with E-state index in [2.05, 4.69) is 0 Å². The number of carboxylic acid groups (broad SMARTS) is 1. The molecule has 1 aliphatic rings. The van der Waals surface area contributed by atoms with Crippen LogP contribution >= 0.6 is 11.6 Å². The van der Waals surface area contributed by atoms with Crippen molar-refractivity contribution < 1.29 is 24.1 Å². The van der Waals surface area contributed by atoms with Gasteiger partial charge < -0.3 is 19.3 Å². The third-order valence-corrected chi connectivity index (χ3v) is 2.76. The molecule has 1 N–H and O–H groups in total. The lowest BCUT2D eigenvalue weighted by molar-refractivity contribution is -0.150. The fourth-order valence-electron chi connectivity index (χ4n) is 1.76. The van der Waals surface area contributed by atoms with E-state index in [1.165, 1.54) is 6.07 Å². The van der Waals surface area contributed by atoms with Crippen LogP contribution in [-0.2, 0) is 9.53 Å². The second-order valence-electron chi connectivity index (χ2n) is 3.70. The standard InChI is InChI=1S/C12H13ClO5/c1-2-16-10(12(14)15)7-5-8(13)11-9(6-7)17-3-4-18-11/h5-6,10H,2-4H2,1H3,(H,14,15). The highest BCUT2D eigenvalue weighted by atomic mass is 35.5. The zero-order valence-corrected chi connectivity index (χ0v) is 10.6. The van der Waals surface area contributed by atoms with Gasteiger partial charge in [0.15, 0.2) is 17.6 Å². The largest absolute Gasteiger partial charge is 0.486 e. The number of carbonyl (C=O) groups is 1. The van der Waals surface area contributed by atoms with Gasteiger partial charge in [0.2, 0.25) is 0 Å². The fourth-order valence-corrected chi connectivity index (χ4v) is 2.03. The molecule has 98 valence electrons. The van der Waals surface area contributed by atoms with E-state index in [0.717, 1.165) is 0 Å². The minimum absolute atomic E-state index is 0.295. The average molecular weight is 273 g/mol. The number of hydrogen-bond acceptors (Lipinski definition) is 4. The normalized spacial score (nSPS) is 15.2. The molecule has 1 unspecified atom stereocenters. The summed E-state index contributed by atoms with van der Waals surface area (Å²) < 4.78 is 15.9. The smallest absolute Gasteiger partial charge is 0.337 e. The molecule has 1 aromatic rings. The Hall–Kier alpha value is -1.46. The second kappa shape index (κ2) is 5.46. The van der Waals surface area contributed by atoms with Gasteiger partial charge in [-0.05, 0) is 24.6 Å². The quantitative estimate of drug-likeness (QED) is 0.911. The minimum atomic E-state index is -1.07. The Kier molecular flexibility index (Phi) is 3.93. The second-order valence-corrected chi connectivity index (χ2v) is 4.11. The van der Waals surface area contributed by atoms with Crippen molar-refractivity contribution >= 4 is 17.6 Å². The van der Waals surface area contributed by atoms with E-state index in [4.69, 9.17) is 30.9 Å². The number of carboxylic acids is 1. The van der Waals surface area contributed by atoms with E-state index in [1.54, 1.807) is 13.0 Å². The van der Waals surface area contributed by atoms with Crippen LogP contribution < -0.4 is 9.47 Å². The predicted molar refractivity (Wildman–Crippen MR) is 64.4 cm³/mol. The number of ether oxygens (including phenoxy) is 3. The monoisotopic (exact) mass is 272 g/mol. The van der Waals surface area contributed by atoms with Crippen LogP contribution in [0.2, 0.25) is 5.02 Å². The molecule has 6 heteroatoms. The number of benzene rings is 1. The van der Waals surface area contributed by atoms with Gasteiger partial charge in [-0.15, -0.1) is 0 Å². The number of rotatable bonds is 4. The zero-order chi connectivity index (χ0) is 13.1. The maximum absolute atomic E-state index is 11.1. The van der Waals surface area contributed by atoms with Crippen LogP contribution in [0.1, 0.15) is 18.6 Å². The molecule has 2 rings (SSSR count). The van der Waals surface area contributed by atoms with E-state index in [-0.39, 0.29) is 0 Å². The van der Waals surface area contributed by atoms with Crippen molar-refractivity contribution in [3.63, 3.8) is 0 Å². The molecule has 1 aromatic carbocycles. The Balaban J connectivity index is 2.38. The van der Waals surface area contributed by atoms with Crippen LogP contribution in [0, 0.1) is 0 Å². The predicted octanol–water partition coefficient (Wildman–Crippen LogP) is 2.27. The molecule has 0 amide bonds. The van der Waals surface area contributed by atoms with Gasteiger partial charge in [-0.3, -0.25) is 0 Å². The van der Waals surface area contributed by atoms with E-state index in [9.17, 15) is 4.79 Å². The Morgan fingerprint density at radius 1 is 1.50 bits per heavy atom. The van der Waals surface area contributed by atoms with Gasteiger partial charge in [0.05, 0.1) is 5.02 Å². The molecule has 0 aliphatic carbocycles. The minimum Gasteiger partial charge on any atom is -0.486 e. The highest BCUT2D eigenvalue weighted by Crippen LogP contribution is 2.40. The number of aliphatic carboxylic acids is 1. The molecule has 0 saturated carbocycles. The lowest BCUT2D eigenvalue weighted by Gasteiger charge is -2.21. The summed E-state index contributed by atoms with van der Waals surface area (Å²) in [7, 11) is 0. The molecule has 1 atom stereocenters. The summed E-state index contributed by atoms with van der Waals surface area (Å²) in [6.45, 7) is 2.87. The topological polar surface area (TPSA) is 65.0 Å². The van der Waals surface area contributed by atoms with E-state index in [1.807, 2.05) is 0 Å². The lowest BCUT2D eigenvalue weighted by atomic mass is 10.1. The van der Waals surface area contributed by atoms with Crippen molar-refractivity contribution in [2.75, 3.05) is 19.8 Å². The van der Waals surface area contributed by atoms with Crippen molar-refractivity contribution in [2.24, 2.45) is 0 Å². The maximum atomic E-state index is 11.1. The Bertz CT molecular complexity index is 460. The SMILES string of the molecule is CCOC(C(=O)O)c1cc(Cl)c2c(c1)OCCO2. The lowest BCUT2D eigenvalue weighted by Crippen LogP contribution is -2.18.